The first-order valence-electron chi connectivity index (χ1n) is 25.8. The standard InChI is InChI=1S/C57H52N10O15S2/c1-5-64-28-29-65(49(73)48(64)72)54(77)59-44(38-26-27-42(80-34(2)69)43(30-38)81-35(3)70)47(71)60-57(58-33-68)51(75)66-45(50(74)82-46(36-18-10-6-11-19-36)37-20-12-7-13-21-37)39(32-84(78)52(57)66)31-83-55-61-62-63-67(55)56(53(76)79-4,40-22-14-8-15-23-40)41-24-16-9-17-25-41/h6-27,30,33,44,46,52H,5,28-29,31-32H2,1-4H3,(H,58,68)(H,59,77)(H,60,71)/t44?,52-,57+,84?/m0/s1. The Balaban J connectivity index is 1.13. The fourth-order valence-corrected chi connectivity index (χ4v) is 12.9. The number of fused-ring (bicyclic) bond motifs is 1. The summed E-state index contributed by atoms with van der Waals surface area (Å²) in [5.74, 6) is -9.94. The van der Waals surface area contributed by atoms with Crippen LogP contribution in [-0.2, 0) is 69.3 Å². The topological polar surface area (TPSA) is 320 Å². The van der Waals surface area contributed by atoms with Gasteiger partial charge in [-0.2, -0.15) is 4.68 Å². The lowest BCUT2D eigenvalue weighted by atomic mass is 9.83. The Hall–Kier alpha value is -9.73. The first-order valence-corrected chi connectivity index (χ1v) is 28.2. The van der Waals surface area contributed by atoms with Crippen LogP contribution < -0.4 is 25.4 Å². The molecule has 7 amide bonds. The second kappa shape index (κ2) is 25.2. The lowest BCUT2D eigenvalue weighted by Gasteiger charge is -2.55. The highest BCUT2D eigenvalue weighted by atomic mass is 32.2. The number of amides is 7. The molecule has 0 saturated carbocycles. The first-order chi connectivity index (χ1) is 40.5. The fraction of sp³-hybridized carbons (Fsp3) is 0.246. The number of piperazine rings is 1. The number of hydrogen-bond donors (Lipinski definition) is 3. The largest absolute Gasteiger partial charge is 0.614 e. The Bertz CT molecular complexity index is 3500. The van der Waals surface area contributed by atoms with Crippen molar-refractivity contribution in [3.63, 3.8) is 0 Å². The average Bonchev–Trinajstić information content (AvgIpc) is 0.789. The van der Waals surface area contributed by atoms with E-state index >= 15 is 18.9 Å². The van der Waals surface area contributed by atoms with Gasteiger partial charge in [0.05, 0.1) is 7.11 Å². The van der Waals surface area contributed by atoms with E-state index in [0.717, 1.165) is 42.6 Å². The molecule has 4 atom stereocenters. The van der Waals surface area contributed by atoms with E-state index in [9.17, 15) is 33.6 Å². The van der Waals surface area contributed by atoms with Gasteiger partial charge in [0.15, 0.2) is 17.6 Å². The van der Waals surface area contributed by atoms with Crippen molar-refractivity contribution in [1.82, 2.24) is 50.9 Å². The van der Waals surface area contributed by atoms with Crippen molar-refractivity contribution >= 4 is 82.9 Å². The van der Waals surface area contributed by atoms with Crippen LogP contribution in [0.2, 0.25) is 0 Å². The van der Waals surface area contributed by atoms with Gasteiger partial charge >= 0.3 is 41.7 Å². The lowest BCUT2D eigenvalue weighted by Crippen LogP contribution is -2.88. The summed E-state index contributed by atoms with van der Waals surface area (Å²) in [5.41, 5.74) is -3.29. The quantitative estimate of drug-likeness (QED) is 0.0145. The van der Waals surface area contributed by atoms with E-state index in [1.165, 1.54) is 22.8 Å². The summed E-state index contributed by atoms with van der Waals surface area (Å²) < 4.78 is 38.7. The van der Waals surface area contributed by atoms with Crippen LogP contribution in [0.15, 0.2) is 156 Å². The Labute approximate surface area is 486 Å². The van der Waals surface area contributed by atoms with E-state index in [-0.39, 0.29) is 53.8 Å². The number of likely N-dealkylation sites (N-methyl/N-ethyl adjacent to an activating group) is 1. The summed E-state index contributed by atoms with van der Waals surface area (Å²) in [4.78, 5) is 140. The highest BCUT2D eigenvalue weighted by Crippen LogP contribution is 2.45. The number of ether oxygens (including phenoxy) is 4. The van der Waals surface area contributed by atoms with Crippen molar-refractivity contribution in [2.75, 3.05) is 38.2 Å². The third-order valence-corrected chi connectivity index (χ3v) is 16.5. The van der Waals surface area contributed by atoms with Crippen molar-refractivity contribution in [3.8, 4) is 11.5 Å². The van der Waals surface area contributed by atoms with Gasteiger partial charge in [-0.05, 0) is 68.5 Å². The maximum atomic E-state index is 15.3. The maximum Gasteiger partial charge on any atom is 0.356 e. The number of rotatable bonds is 20. The predicted molar refractivity (Wildman–Crippen MR) is 295 cm³/mol. The van der Waals surface area contributed by atoms with Gasteiger partial charge < -0.3 is 44.4 Å². The smallest absolute Gasteiger partial charge is 0.356 e. The summed E-state index contributed by atoms with van der Waals surface area (Å²) in [5, 5.41) is 17.9. The van der Waals surface area contributed by atoms with Crippen molar-refractivity contribution in [2.24, 2.45) is 0 Å². The summed E-state index contributed by atoms with van der Waals surface area (Å²) in [6.07, 6.45) is -1.06. The molecule has 0 radical (unpaired) electrons. The lowest BCUT2D eigenvalue weighted by molar-refractivity contribution is -0.165. The molecule has 25 nitrogen and oxygen atoms in total. The minimum atomic E-state index is -2.67. The molecule has 3 aliphatic rings. The number of benzene rings is 5. The zero-order chi connectivity index (χ0) is 59.9. The van der Waals surface area contributed by atoms with E-state index in [0.29, 0.717) is 27.2 Å². The Morgan fingerprint density at radius 2 is 1.38 bits per heavy atom. The zero-order valence-corrected chi connectivity index (χ0v) is 46.8. The molecule has 0 aliphatic carbocycles. The van der Waals surface area contributed by atoms with Crippen molar-refractivity contribution < 1.29 is 71.4 Å². The minimum absolute atomic E-state index is 0.00371. The molecule has 3 N–H and O–H groups in total. The van der Waals surface area contributed by atoms with Crippen molar-refractivity contribution in [3.05, 3.63) is 179 Å². The zero-order valence-electron chi connectivity index (χ0n) is 45.2. The third kappa shape index (κ3) is 11.3. The van der Waals surface area contributed by atoms with Gasteiger partial charge in [-0.25, -0.2) is 14.4 Å². The van der Waals surface area contributed by atoms with Gasteiger partial charge in [0.2, 0.25) is 28.4 Å². The second-order valence-corrected chi connectivity index (χ2v) is 21.3. The SMILES string of the molecule is CCN1CCN(C(=O)NC(C(=O)N[C@]2(NC=O)C(=O)N3C(C(=O)OC(c4ccccc4)c4ccccc4)=C(CSc4nnnn4C(C(=O)OC)(c4ccccc4)c4ccccc4)C[S+]([O-])[C@H]32)c2ccc(OC(C)=O)c(OC(C)=O)c2)C(=O)C1=O. The maximum absolute atomic E-state index is 15.3. The van der Waals surface area contributed by atoms with E-state index < -0.39 is 111 Å². The fourth-order valence-electron chi connectivity index (χ4n) is 10.0. The van der Waals surface area contributed by atoms with Crippen molar-refractivity contribution in [2.45, 2.75) is 54.6 Å². The van der Waals surface area contributed by atoms with Crippen LogP contribution in [0.25, 0.3) is 0 Å². The number of carbonyl (C=O) groups excluding carboxylic acids is 10. The summed E-state index contributed by atoms with van der Waals surface area (Å²) in [7, 11) is 1.21. The number of β-lactam (4-membered cyclic amide) rings is 1. The number of aromatic nitrogens is 4. The molecule has 5 aromatic carbocycles. The molecule has 2 saturated heterocycles. The monoisotopic (exact) mass is 1180 g/mol. The van der Waals surface area contributed by atoms with Gasteiger partial charge in [0, 0.05) is 44.8 Å². The number of imide groups is 1. The number of urea groups is 1. The van der Waals surface area contributed by atoms with Crippen LogP contribution in [0, 0.1) is 0 Å². The number of tetrazole rings is 1. The van der Waals surface area contributed by atoms with Crippen LogP contribution in [0.4, 0.5) is 4.79 Å². The Morgan fingerprint density at radius 3 is 1.94 bits per heavy atom. The first kappa shape index (κ1) is 58.9. The summed E-state index contributed by atoms with van der Waals surface area (Å²) >= 11 is -1.46. The molecular weight excluding hydrogens is 1130 g/mol. The van der Waals surface area contributed by atoms with Crippen LogP contribution in [0.1, 0.15) is 60.7 Å². The van der Waals surface area contributed by atoms with Crippen molar-refractivity contribution in [1.29, 1.82) is 0 Å². The number of nitrogens with zero attached hydrogens (tertiary/aromatic N) is 7. The molecule has 1 aromatic heterocycles. The van der Waals surface area contributed by atoms with Crippen LogP contribution in [0.5, 0.6) is 11.5 Å². The molecule has 3 aliphatic heterocycles. The third-order valence-electron chi connectivity index (χ3n) is 13.8. The normalized spacial score (nSPS) is 18.0. The molecule has 2 fully saturated rings. The van der Waals surface area contributed by atoms with Gasteiger partial charge in [-0.15, -0.1) is 5.10 Å². The van der Waals surface area contributed by atoms with Gasteiger partial charge in [-0.3, -0.25) is 43.4 Å². The second-order valence-electron chi connectivity index (χ2n) is 18.9. The molecule has 0 spiro atoms. The number of carbonyl (C=O) groups is 10. The minimum Gasteiger partial charge on any atom is -0.614 e. The molecule has 9 rings (SSSR count). The highest BCUT2D eigenvalue weighted by molar-refractivity contribution is 7.99. The summed E-state index contributed by atoms with van der Waals surface area (Å²) in [6.45, 7) is 3.50. The predicted octanol–water partition coefficient (Wildman–Crippen LogP) is 2.80. The summed E-state index contributed by atoms with van der Waals surface area (Å²) in [6, 6.07) is 34.6. The van der Waals surface area contributed by atoms with Crippen LogP contribution in [-0.4, -0.2) is 149 Å². The van der Waals surface area contributed by atoms with Crippen LogP contribution in [0.3, 0.4) is 0 Å². The highest BCUT2D eigenvalue weighted by Gasteiger charge is 2.72. The number of methoxy groups -OCH3 is 1. The number of esters is 4. The Morgan fingerprint density at radius 1 is 0.798 bits per heavy atom. The molecule has 27 heteroatoms. The molecular formula is C57H52N10O15S2. The van der Waals surface area contributed by atoms with Crippen LogP contribution >= 0.6 is 11.8 Å². The molecule has 0 bridgehead atoms. The van der Waals surface area contributed by atoms with Gasteiger partial charge in [0.1, 0.15) is 17.5 Å². The molecule has 432 valence electrons. The number of thioether (sulfide) groups is 1. The molecule has 4 heterocycles. The van der Waals surface area contributed by atoms with Gasteiger partial charge in [-0.1, -0.05) is 139 Å². The van der Waals surface area contributed by atoms with E-state index in [1.54, 1.807) is 128 Å². The molecule has 84 heavy (non-hydrogen) atoms. The Kier molecular flexibility index (Phi) is 17.7. The number of nitrogens with one attached hydrogen (secondary N) is 3. The number of hydrogen-bond acceptors (Lipinski definition) is 19. The van der Waals surface area contributed by atoms with E-state index in [4.69, 9.17) is 18.9 Å². The van der Waals surface area contributed by atoms with E-state index in [1.807, 2.05) is 0 Å². The van der Waals surface area contributed by atoms with E-state index in [2.05, 4.69) is 31.5 Å². The molecule has 2 unspecified atom stereocenters. The molecule has 6 aromatic rings. The average molecular weight is 1180 g/mol. The van der Waals surface area contributed by atoms with Gasteiger partial charge in [0.25, 0.3) is 11.6 Å².